The van der Waals surface area contributed by atoms with E-state index in [1.54, 1.807) is 0 Å². The Hall–Kier alpha value is -1.68. The Morgan fingerprint density at radius 2 is 1.68 bits per heavy atom. The molecule has 1 aliphatic heterocycles. The number of nitrogens with two attached hydrogens (primary N) is 1. The van der Waals surface area contributed by atoms with E-state index in [2.05, 4.69) is 9.47 Å². The third-order valence-electron chi connectivity index (χ3n) is 3.95. The summed E-state index contributed by atoms with van der Waals surface area (Å²) in [6.07, 6.45) is 1.39. The SMILES string of the molecule is COC(=O)c1cc(C(=O)OC)cc(S(=O)(=O)N2CCCC2CN)c1.Cl. The van der Waals surface area contributed by atoms with Crippen molar-refractivity contribution in [1.29, 1.82) is 0 Å². The van der Waals surface area contributed by atoms with Crippen molar-refractivity contribution in [2.75, 3.05) is 27.3 Å². The zero-order valence-electron chi connectivity index (χ0n) is 13.9. The van der Waals surface area contributed by atoms with Crippen LogP contribution in [-0.4, -0.2) is 58.0 Å². The van der Waals surface area contributed by atoms with Gasteiger partial charge in [0.05, 0.1) is 30.2 Å². The van der Waals surface area contributed by atoms with E-state index in [0.717, 1.165) is 0 Å². The van der Waals surface area contributed by atoms with E-state index in [4.69, 9.17) is 5.73 Å². The minimum atomic E-state index is -3.89. The molecule has 0 aliphatic carbocycles. The molecule has 0 saturated carbocycles. The number of hydrogen-bond donors (Lipinski definition) is 1. The standard InChI is InChI=1S/C15H20N2O6S.ClH/c1-22-14(18)10-6-11(15(19)23-2)8-13(7-10)24(20,21)17-5-3-4-12(17)9-16;/h6-8,12H,3-5,9,16H2,1-2H3;1H. The molecule has 1 saturated heterocycles. The second-order valence-electron chi connectivity index (χ2n) is 5.38. The van der Waals surface area contributed by atoms with Gasteiger partial charge < -0.3 is 15.2 Å². The number of esters is 2. The van der Waals surface area contributed by atoms with Crippen molar-refractivity contribution in [3.05, 3.63) is 29.3 Å². The molecule has 140 valence electrons. The van der Waals surface area contributed by atoms with Crippen LogP contribution in [0.2, 0.25) is 0 Å². The van der Waals surface area contributed by atoms with Gasteiger partial charge in [0.1, 0.15) is 0 Å². The maximum atomic E-state index is 12.9. The van der Waals surface area contributed by atoms with Crippen LogP contribution in [0.1, 0.15) is 33.6 Å². The third kappa shape index (κ3) is 4.30. The van der Waals surface area contributed by atoms with Gasteiger partial charge in [-0.2, -0.15) is 4.31 Å². The summed E-state index contributed by atoms with van der Waals surface area (Å²) < 4.78 is 36.3. The number of benzene rings is 1. The molecule has 1 unspecified atom stereocenters. The van der Waals surface area contributed by atoms with Crippen LogP contribution in [0.15, 0.2) is 23.1 Å². The summed E-state index contributed by atoms with van der Waals surface area (Å²) in [5, 5.41) is 0. The molecule has 25 heavy (non-hydrogen) atoms. The largest absolute Gasteiger partial charge is 0.465 e. The molecule has 10 heteroatoms. The van der Waals surface area contributed by atoms with Crippen LogP contribution in [-0.2, 0) is 19.5 Å². The van der Waals surface area contributed by atoms with E-state index >= 15 is 0 Å². The summed E-state index contributed by atoms with van der Waals surface area (Å²) >= 11 is 0. The minimum absolute atomic E-state index is 0. The molecular formula is C15H21ClN2O6S. The summed E-state index contributed by atoms with van der Waals surface area (Å²) in [4.78, 5) is 23.4. The normalized spacial score (nSPS) is 17.6. The number of carbonyl (C=O) groups is 2. The fourth-order valence-corrected chi connectivity index (χ4v) is 4.49. The van der Waals surface area contributed by atoms with E-state index < -0.39 is 22.0 Å². The highest BCUT2D eigenvalue weighted by Crippen LogP contribution is 2.27. The Kier molecular flexibility index (Phi) is 7.36. The summed E-state index contributed by atoms with van der Waals surface area (Å²) in [6.45, 7) is 0.556. The lowest BCUT2D eigenvalue weighted by atomic mass is 10.1. The molecule has 2 N–H and O–H groups in total. The molecule has 1 aromatic rings. The summed E-state index contributed by atoms with van der Waals surface area (Å²) in [7, 11) is -1.54. The Morgan fingerprint density at radius 1 is 1.16 bits per heavy atom. The molecule has 0 amide bonds. The van der Waals surface area contributed by atoms with Crippen molar-refractivity contribution >= 4 is 34.4 Å². The number of ether oxygens (including phenoxy) is 2. The van der Waals surface area contributed by atoms with Gasteiger partial charge in [-0.1, -0.05) is 0 Å². The second-order valence-corrected chi connectivity index (χ2v) is 7.27. The minimum Gasteiger partial charge on any atom is -0.465 e. The van der Waals surface area contributed by atoms with Crippen molar-refractivity contribution < 1.29 is 27.5 Å². The van der Waals surface area contributed by atoms with E-state index in [0.29, 0.717) is 19.4 Å². The predicted octanol–water partition coefficient (Wildman–Crippen LogP) is 0.793. The Bertz CT molecular complexity index is 718. The van der Waals surface area contributed by atoms with Gasteiger partial charge in [-0.3, -0.25) is 0 Å². The Balaban J connectivity index is 0.00000312. The van der Waals surface area contributed by atoms with Gasteiger partial charge in [0, 0.05) is 19.1 Å². The van der Waals surface area contributed by atoms with Gasteiger partial charge in [0.15, 0.2) is 0 Å². The van der Waals surface area contributed by atoms with Crippen molar-refractivity contribution in [2.45, 2.75) is 23.8 Å². The third-order valence-corrected chi connectivity index (χ3v) is 5.88. The van der Waals surface area contributed by atoms with Crippen molar-refractivity contribution in [3.63, 3.8) is 0 Å². The van der Waals surface area contributed by atoms with Gasteiger partial charge >= 0.3 is 11.9 Å². The predicted molar refractivity (Wildman–Crippen MR) is 92.3 cm³/mol. The maximum Gasteiger partial charge on any atom is 0.337 e. The summed E-state index contributed by atoms with van der Waals surface area (Å²) in [5.74, 6) is -1.48. The first-order valence-corrected chi connectivity index (χ1v) is 8.82. The average Bonchev–Trinajstić information content (AvgIpc) is 3.09. The summed E-state index contributed by atoms with van der Waals surface area (Å²) in [6, 6.07) is 3.33. The number of sulfonamides is 1. The van der Waals surface area contributed by atoms with Crippen LogP contribution in [0.5, 0.6) is 0 Å². The van der Waals surface area contributed by atoms with Crippen molar-refractivity contribution in [2.24, 2.45) is 5.73 Å². The molecule has 0 spiro atoms. The highest BCUT2D eigenvalue weighted by molar-refractivity contribution is 7.89. The van der Waals surface area contributed by atoms with Gasteiger partial charge in [0.25, 0.3) is 0 Å². The zero-order chi connectivity index (χ0) is 17.9. The van der Waals surface area contributed by atoms with Crippen LogP contribution in [0.3, 0.4) is 0 Å². The fourth-order valence-electron chi connectivity index (χ4n) is 2.72. The molecule has 2 rings (SSSR count). The highest BCUT2D eigenvalue weighted by Gasteiger charge is 2.35. The van der Waals surface area contributed by atoms with E-state index in [1.165, 1.54) is 36.7 Å². The van der Waals surface area contributed by atoms with Gasteiger partial charge in [-0.15, -0.1) is 12.4 Å². The number of halogens is 1. The number of hydrogen-bond acceptors (Lipinski definition) is 7. The second kappa shape index (κ2) is 8.61. The first-order chi connectivity index (χ1) is 11.3. The number of rotatable bonds is 5. The van der Waals surface area contributed by atoms with Gasteiger partial charge in [0.2, 0.25) is 10.0 Å². The molecule has 1 fully saturated rings. The van der Waals surface area contributed by atoms with E-state index in [-0.39, 0.29) is 41.0 Å². The topological polar surface area (TPSA) is 116 Å². The summed E-state index contributed by atoms with van der Waals surface area (Å²) in [5.41, 5.74) is 5.57. The first kappa shape index (κ1) is 21.4. The quantitative estimate of drug-likeness (QED) is 0.736. The van der Waals surface area contributed by atoms with Gasteiger partial charge in [-0.25, -0.2) is 18.0 Å². The highest BCUT2D eigenvalue weighted by atomic mass is 35.5. The van der Waals surface area contributed by atoms with Crippen LogP contribution in [0, 0.1) is 0 Å². The van der Waals surface area contributed by atoms with Crippen molar-refractivity contribution in [1.82, 2.24) is 4.31 Å². The molecule has 1 atom stereocenters. The number of nitrogens with zero attached hydrogens (tertiary/aromatic N) is 1. The monoisotopic (exact) mass is 392 g/mol. The van der Waals surface area contributed by atoms with E-state index in [9.17, 15) is 18.0 Å². The average molecular weight is 393 g/mol. The lowest BCUT2D eigenvalue weighted by molar-refractivity contribution is 0.0598. The number of methoxy groups -OCH3 is 2. The molecule has 0 bridgehead atoms. The Morgan fingerprint density at radius 3 is 2.12 bits per heavy atom. The smallest absolute Gasteiger partial charge is 0.337 e. The maximum absolute atomic E-state index is 12.9. The lowest BCUT2D eigenvalue weighted by Gasteiger charge is -2.23. The van der Waals surface area contributed by atoms with Crippen LogP contribution < -0.4 is 5.73 Å². The molecule has 8 nitrogen and oxygen atoms in total. The molecular weight excluding hydrogens is 372 g/mol. The van der Waals surface area contributed by atoms with Crippen LogP contribution >= 0.6 is 12.4 Å². The molecule has 0 radical (unpaired) electrons. The fraction of sp³-hybridized carbons (Fsp3) is 0.467. The van der Waals surface area contributed by atoms with Crippen molar-refractivity contribution in [3.8, 4) is 0 Å². The molecule has 1 heterocycles. The van der Waals surface area contributed by atoms with Crippen LogP contribution in [0.25, 0.3) is 0 Å². The zero-order valence-corrected chi connectivity index (χ0v) is 15.6. The van der Waals surface area contributed by atoms with Crippen LogP contribution in [0.4, 0.5) is 0 Å². The molecule has 0 aromatic heterocycles. The van der Waals surface area contributed by atoms with E-state index in [1.807, 2.05) is 0 Å². The number of carbonyl (C=O) groups excluding carboxylic acids is 2. The molecule has 1 aromatic carbocycles. The first-order valence-electron chi connectivity index (χ1n) is 7.38. The molecule has 1 aliphatic rings. The Labute approximate surface area is 152 Å². The lowest BCUT2D eigenvalue weighted by Crippen LogP contribution is -2.40. The van der Waals surface area contributed by atoms with Gasteiger partial charge in [-0.05, 0) is 31.0 Å².